The van der Waals surface area contributed by atoms with E-state index in [1.54, 1.807) is 14.2 Å². The van der Waals surface area contributed by atoms with E-state index in [2.05, 4.69) is 6.07 Å². The van der Waals surface area contributed by atoms with E-state index in [1.165, 1.54) is 0 Å². The zero-order valence-electron chi connectivity index (χ0n) is 13.5. The summed E-state index contributed by atoms with van der Waals surface area (Å²) in [6, 6.07) is 13.6. The first-order valence-electron chi connectivity index (χ1n) is 7.80. The molecular formula is C19H21NO3. The van der Waals surface area contributed by atoms with Crippen LogP contribution in [0, 0.1) is 0 Å². The van der Waals surface area contributed by atoms with Crippen molar-refractivity contribution in [3.63, 3.8) is 0 Å². The molecule has 0 unspecified atom stereocenters. The van der Waals surface area contributed by atoms with Crippen LogP contribution in [-0.2, 0) is 17.8 Å². The lowest BCUT2D eigenvalue weighted by Gasteiger charge is -2.31. The zero-order valence-corrected chi connectivity index (χ0v) is 13.5. The summed E-state index contributed by atoms with van der Waals surface area (Å²) < 4.78 is 10.6. The Balaban J connectivity index is 1.97. The molecule has 0 saturated carbocycles. The van der Waals surface area contributed by atoms with Crippen LogP contribution in [0.3, 0.4) is 0 Å². The number of nitrogens with zero attached hydrogens (tertiary/aromatic N) is 1. The largest absolute Gasteiger partial charge is 0.495 e. The summed E-state index contributed by atoms with van der Waals surface area (Å²) in [5.74, 6) is 0.761. The Morgan fingerprint density at radius 3 is 2.78 bits per heavy atom. The van der Waals surface area contributed by atoms with Crippen LogP contribution in [-0.4, -0.2) is 26.7 Å². The normalized spacial score (nSPS) is 13.6. The van der Waals surface area contributed by atoms with Crippen molar-refractivity contribution in [2.24, 2.45) is 0 Å². The average molecular weight is 311 g/mol. The van der Waals surface area contributed by atoms with E-state index in [9.17, 15) is 4.79 Å². The molecule has 1 amide bonds. The van der Waals surface area contributed by atoms with Crippen molar-refractivity contribution < 1.29 is 14.3 Å². The number of aryl methyl sites for hydroxylation is 1. The molecule has 1 heterocycles. The van der Waals surface area contributed by atoms with Gasteiger partial charge < -0.3 is 14.4 Å². The number of ether oxygens (including phenoxy) is 2. The SMILES string of the molecule is COCc1cccc(C(=O)N2CCCc3cccc(OC)c32)c1. The van der Waals surface area contributed by atoms with Crippen molar-refractivity contribution in [3.8, 4) is 5.75 Å². The Hall–Kier alpha value is -2.33. The summed E-state index contributed by atoms with van der Waals surface area (Å²) in [5.41, 5.74) is 3.74. The molecule has 0 N–H and O–H groups in total. The van der Waals surface area contributed by atoms with Gasteiger partial charge in [-0.1, -0.05) is 24.3 Å². The van der Waals surface area contributed by atoms with Crippen molar-refractivity contribution in [3.05, 3.63) is 59.2 Å². The highest BCUT2D eigenvalue weighted by Crippen LogP contribution is 2.36. The van der Waals surface area contributed by atoms with Crippen LogP contribution in [0.25, 0.3) is 0 Å². The number of rotatable bonds is 4. The van der Waals surface area contributed by atoms with E-state index in [4.69, 9.17) is 9.47 Å². The number of anilines is 1. The summed E-state index contributed by atoms with van der Waals surface area (Å²) in [4.78, 5) is 14.9. The second kappa shape index (κ2) is 6.84. The van der Waals surface area contributed by atoms with Gasteiger partial charge >= 0.3 is 0 Å². The van der Waals surface area contributed by atoms with Crippen LogP contribution in [0.5, 0.6) is 5.75 Å². The molecule has 0 atom stereocenters. The quantitative estimate of drug-likeness (QED) is 0.868. The van der Waals surface area contributed by atoms with Gasteiger partial charge in [0.1, 0.15) is 5.75 Å². The van der Waals surface area contributed by atoms with Crippen LogP contribution in [0.15, 0.2) is 42.5 Å². The molecule has 0 saturated heterocycles. The molecule has 120 valence electrons. The molecule has 3 rings (SSSR count). The van der Waals surface area contributed by atoms with E-state index in [1.807, 2.05) is 41.3 Å². The molecule has 0 radical (unpaired) electrons. The van der Waals surface area contributed by atoms with Gasteiger partial charge in [0, 0.05) is 19.2 Å². The number of amides is 1. The van der Waals surface area contributed by atoms with Gasteiger partial charge in [0.05, 0.1) is 19.4 Å². The monoisotopic (exact) mass is 311 g/mol. The standard InChI is InChI=1S/C19H21NO3/c1-22-13-14-6-3-8-16(12-14)19(21)20-11-5-9-15-7-4-10-17(23-2)18(15)20/h3-4,6-8,10,12H,5,9,11,13H2,1-2H3. The van der Waals surface area contributed by atoms with Crippen molar-refractivity contribution in [2.75, 3.05) is 25.7 Å². The fourth-order valence-electron chi connectivity index (χ4n) is 3.10. The Labute approximate surface area is 136 Å². The molecule has 4 nitrogen and oxygen atoms in total. The van der Waals surface area contributed by atoms with Gasteiger partial charge in [0.25, 0.3) is 5.91 Å². The molecule has 0 spiro atoms. The molecule has 2 aromatic rings. The minimum absolute atomic E-state index is 0.00778. The van der Waals surface area contributed by atoms with Crippen molar-refractivity contribution in [2.45, 2.75) is 19.4 Å². The molecule has 2 aromatic carbocycles. The highest BCUT2D eigenvalue weighted by molar-refractivity contribution is 6.07. The highest BCUT2D eigenvalue weighted by Gasteiger charge is 2.26. The molecule has 0 bridgehead atoms. The summed E-state index contributed by atoms with van der Waals surface area (Å²) in [6.07, 6.45) is 1.93. The van der Waals surface area contributed by atoms with Crippen molar-refractivity contribution >= 4 is 11.6 Å². The Morgan fingerprint density at radius 2 is 2.00 bits per heavy atom. The number of fused-ring (bicyclic) bond motifs is 1. The number of hydrogen-bond donors (Lipinski definition) is 0. The van der Waals surface area contributed by atoms with E-state index in [0.717, 1.165) is 35.4 Å². The minimum Gasteiger partial charge on any atom is -0.495 e. The fourth-order valence-corrected chi connectivity index (χ4v) is 3.10. The molecular weight excluding hydrogens is 290 g/mol. The maximum Gasteiger partial charge on any atom is 0.258 e. The fraction of sp³-hybridized carbons (Fsp3) is 0.316. The smallest absolute Gasteiger partial charge is 0.258 e. The van der Waals surface area contributed by atoms with E-state index in [-0.39, 0.29) is 5.91 Å². The molecule has 0 aromatic heterocycles. The third-order valence-corrected chi connectivity index (χ3v) is 4.13. The van der Waals surface area contributed by atoms with Crippen molar-refractivity contribution in [1.82, 2.24) is 0 Å². The van der Waals surface area contributed by atoms with Crippen LogP contribution < -0.4 is 9.64 Å². The van der Waals surface area contributed by atoms with Crippen LogP contribution in [0.1, 0.15) is 27.9 Å². The van der Waals surface area contributed by atoms with Gasteiger partial charge in [-0.15, -0.1) is 0 Å². The molecule has 4 heteroatoms. The third kappa shape index (κ3) is 3.08. The van der Waals surface area contributed by atoms with Gasteiger partial charge in [-0.2, -0.15) is 0 Å². The van der Waals surface area contributed by atoms with Crippen LogP contribution in [0.2, 0.25) is 0 Å². The number of carbonyl (C=O) groups excluding carboxylic acids is 1. The lowest BCUT2D eigenvalue weighted by molar-refractivity contribution is 0.0984. The summed E-state index contributed by atoms with van der Waals surface area (Å²) in [6.45, 7) is 1.21. The lowest BCUT2D eigenvalue weighted by Crippen LogP contribution is -2.35. The minimum atomic E-state index is 0.00778. The Bertz CT molecular complexity index is 697. The Kier molecular flexibility index (Phi) is 4.63. The van der Waals surface area contributed by atoms with Gasteiger partial charge in [0.15, 0.2) is 0 Å². The first kappa shape index (κ1) is 15.6. The second-order valence-corrected chi connectivity index (χ2v) is 5.66. The number of methoxy groups -OCH3 is 2. The van der Waals surface area contributed by atoms with Gasteiger partial charge in [-0.25, -0.2) is 0 Å². The number of benzene rings is 2. The topological polar surface area (TPSA) is 38.8 Å². The van der Waals surface area contributed by atoms with Crippen LogP contribution >= 0.6 is 0 Å². The molecule has 0 fully saturated rings. The molecule has 23 heavy (non-hydrogen) atoms. The Morgan fingerprint density at radius 1 is 1.17 bits per heavy atom. The summed E-state index contributed by atoms with van der Waals surface area (Å²) in [5, 5.41) is 0. The van der Waals surface area contributed by atoms with E-state index >= 15 is 0 Å². The van der Waals surface area contributed by atoms with Gasteiger partial charge in [-0.3, -0.25) is 4.79 Å². The van der Waals surface area contributed by atoms with E-state index < -0.39 is 0 Å². The number of hydrogen-bond acceptors (Lipinski definition) is 3. The maximum atomic E-state index is 13.0. The van der Waals surface area contributed by atoms with E-state index in [0.29, 0.717) is 18.7 Å². The number of carbonyl (C=O) groups is 1. The summed E-state index contributed by atoms with van der Waals surface area (Å²) in [7, 11) is 3.30. The molecule has 1 aliphatic rings. The molecule has 1 aliphatic heterocycles. The summed E-state index contributed by atoms with van der Waals surface area (Å²) >= 11 is 0. The highest BCUT2D eigenvalue weighted by atomic mass is 16.5. The first-order valence-corrected chi connectivity index (χ1v) is 7.80. The second-order valence-electron chi connectivity index (χ2n) is 5.66. The van der Waals surface area contributed by atoms with Crippen molar-refractivity contribution in [1.29, 1.82) is 0 Å². The first-order chi connectivity index (χ1) is 11.2. The lowest BCUT2D eigenvalue weighted by atomic mass is 9.99. The van der Waals surface area contributed by atoms with Gasteiger partial charge in [0.2, 0.25) is 0 Å². The van der Waals surface area contributed by atoms with Gasteiger partial charge in [-0.05, 0) is 42.2 Å². The van der Waals surface area contributed by atoms with Crippen LogP contribution in [0.4, 0.5) is 5.69 Å². The predicted molar refractivity (Wildman–Crippen MR) is 90.1 cm³/mol. The zero-order chi connectivity index (χ0) is 16.2. The maximum absolute atomic E-state index is 13.0. The number of para-hydroxylation sites is 1. The average Bonchev–Trinajstić information content (AvgIpc) is 2.60. The molecule has 0 aliphatic carbocycles. The predicted octanol–water partition coefficient (Wildman–Crippen LogP) is 3.43. The third-order valence-electron chi connectivity index (χ3n) is 4.13.